The van der Waals surface area contributed by atoms with Crippen molar-refractivity contribution in [2.75, 3.05) is 20.2 Å². The number of hydrogen-bond donors (Lipinski definition) is 4. The first kappa shape index (κ1) is 13.8. The van der Waals surface area contributed by atoms with E-state index in [-0.39, 0.29) is 23.9 Å². The third-order valence-corrected chi connectivity index (χ3v) is 2.23. The highest BCUT2D eigenvalue weighted by atomic mass is 16.5. The first-order valence-corrected chi connectivity index (χ1v) is 5.60. The maximum absolute atomic E-state index is 11.6. The zero-order valence-electron chi connectivity index (χ0n) is 10.2. The summed E-state index contributed by atoms with van der Waals surface area (Å²) in [5.41, 5.74) is 0.161. The predicted octanol–water partition coefficient (Wildman–Crippen LogP) is 0.683. The summed E-state index contributed by atoms with van der Waals surface area (Å²) < 4.78 is 4.99. The molecule has 6 nitrogen and oxygen atoms in total. The van der Waals surface area contributed by atoms with Gasteiger partial charge in [-0.05, 0) is 18.6 Å². The summed E-state index contributed by atoms with van der Waals surface area (Å²) >= 11 is 0. The van der Waals surface area contributed by atoms with Gasteiger partial charge in [-0.25, -0.2) is 4.79 Å². The lowest BCUT2D eigenvalue weighted by atomic mass is 10.2. The minimum atomic E-state index is -0.545. The monoisotopic (exact) mass is 251 g/mol. The summed E-state index contributed by atoms with van der Waals surface area (Å²) in [5.74, 6) is -0.406. The standard InChI is InChI=1S/C12H17N3O3/c1-14-12(13)15-7-4-8-18-11(17)9-5-2-3-6-10(9)16/h2-3,5-6,16H,4,7-8H2,1H3,(H3,13,14,15). The van der Waals surface area contributed by atoms with E-state index in [0.717, 1.165) is 0 Å². The van der Waals surface area contributed by atoms with E-state index >= 15 is 0 Å². The molecule has 0 saturated carbocycles. The first-order valence-electron chi connectivity index (χ1n) is 5.60. The van der Waals surface area contributed by atoms with Gasteiger partial charge < -0.3 is 20.5 Å². The van der Waals surface area contributed by atoms with Crippen molar-refractivity contribution in [3.63, 3.8) is 0 Å². The second kappa shape index (κ2) is 7.16. The highest BCUT2D eigenvalue weighted by Gasteiger charge is 2.10. The topological polar surface area (TPSA) is 94.4 Å². The Morgan fingerprint density at radius 2 is 2.17 bits per heavy atom. The number of esters is 1. The Morgan fingerprint density at radius 1 is 1.44 bits per heavy atom. The maximum Gasteiger partial charge on any atom is 0.341 e. The number of guanidine groups is 1. The van der Waals surface area contributed by atoms with Crippen LogP contribution in [-0.4, -0.2) is 37.2 Å². The highest BCUT2D eigenvalue weighted by molar-refractivity contribution is 5.92. The lowest BCUT2D eigenvalue weighted by molar-refractivity contribution is 0.0498. The Bertz CT molecular complexity index is 421. The van der Waals surface area contributed by atoms with Crippen LogP contribution >= 0.6 is 0 Å². The Hall–Kier alpha value is -2.24. The van der Waals surface area contributed by atoms with Gasteiger partial charge in [0, 0.05) is 13.6 Å². The van der Waals surface area contributed by atoms with Gasteiger partial charge in [-0.15, -0.1) is 0 Å². The number of aromatic hydroxyl groups is 1. The van der Waals surface area contributed by atoms with Gasteiger partial charge in [0.15, 0.2) is 5.96 Å². The summed E-state index contributed by atoms with van der Waals surface area (Å²) in [4.78, 5) is 11.6. The highest BCUT2D eigenvalue weighted by Crippen LogP contribution is 2.16. The molecule has 0 heterocycles. The molecule has 0 aromatic heterocycles. The van der Waals surface area contributed by atoms with Crippen molar-refractivity contribution in [2.45, 2.75) is 6.42 Å². The van der Waals surface area contributed by atoms with Gasteiger partial charge in [0.1, 0.15) is 11.3 Å². The zero-order valence-corrected chi connectivity index (χ0v) is 10.2. The first-order chi connectivity index (χ1) is 8.65. The quantitative estimate of drug-likeness (QED) is 0.267. The lowest BCUT2D eigenvalue weighted by Crippen LogP contribution is -2.34. The van der Waals surface area contributed by atoms with Gasteiger partial charge in [0.2, 0.25) is 0 Å². The number of para-hydroxylation sites is 1. The summed E-state index contributed by atoms with van der Waals surface area (Å²) in [5, 5.41) is 22.1. The lowest BCUT2D eigenvalue weighted by Gasteiger charge is -2.08. The molecule has 0 atom stereocenters. The summed E-state index contributed by atoms with van der Waals surface area (Å²) in [6.45, 7) is 0.769. The molecule has 0 radical (unpaired) electrons. The third-order valence-electron chi connectivity index (χ3n) is 2.23. The molecule has 4 N–H and O–H groups in total. The van der Waals surface area contributed by atoms with Crippen LogP contribution in [0.2, 0.25) is 0 Å². The molecule has 0 spiro atoms. The van der Waals surface area contributed by atoms with E-state index in [1.807, 2.05) is 0 Å². The van der Waals surface area contributed by atoms with Gasteiger partial charge in [-0.2, -0.15) is 0 Å². The molecule has 0 aliphatic rings. The largest absolute Gasteiger partial charge is 0.507 e. The molecule has 0 fully saturated rings. The Morgan fingerprint density at radius 3 is 2.83 bits per heavy atom. The summed E-state index contributed by atoms with van der Waals surface area (Å²) in [6.07, 6.45) is 0.587. The smallest absolute Gasteiger partial charge is 0.341 e. The van der Waals surface area contributed by atoms with Crippen molar-refractivity contribution >= 4 is 11.9 Å². The predicted molar refractivity (Wildman–Crippen MR) is 67.8 cm³/mol. The van der Waals surface area contributed by atoms with Gasteiger partial charge in [0.25, 0.3) is 0 Å². The number of benzene rings is 1. The average molecular weight is 251 g/mol. The third kappa shape index (κ3) is 4.32. The van der Waals surface area contributed by atoms with Crippen LogP contribution in [-0.2, 0) is 4.74 Å². The van der Waals surface area contributed by atoms with Crippen LogP contribution in [0.5, 0.6) is 5.75 Å². The maximum atomic E-state index is 11.6. The molecule has 0 bridgehead atoms. The van der Waals surface area contributed by atoms with Crippen molar-refractivity contribution in [3.05, 3.63) is 29.8 Å². The van der Waals surface area contributed by atoms with Crippen molar-refractivity contribution in [3.8, 4) is 5.75 Å². The molecule has 1 aromatic rings. The van der Waals surface area contributed by atoms with E-state index in [0.29, 0.717) is 13.0 Å². The van der Waals surface area contributed by atoms with E-state index in [1.165, 1.54) is 12.1 Å². The van der Waals surface area contributed by atoms with Crippen LogP contribution in [0.15, 0.2) is 24.3 Å². The van der Waals surface area contributed by atoms with Crippen LogP contribution in [0, 0.1) is 5.41 Å². The van der Waals surface area contributed by atoms with Crippen LogP contribution in [0.3, 0.4) is 0 Å². The molecule has 18 heavy (non-hydrogen) atoms. The normalized spacial score (nSPS) is 9.61. The molecule has 6 heteroatoms. The molecule has 98 valence electrons. The van der Waals surface area contributed by atoms with Gasteiger partial charge in [-0.3, -0.25) is 5.41 Å². The SMILES string of the molecule is CNC(=N)NCCCOC(=O)c1ccccc1O. The van der Waals surface area contributed by atoms with E-state index in [4.69, 9.17) is 10.1 Å². The average Bonchev–Trinajstić information content (AvgIpc) is 2.38. The number of ether oxygens (including phenoxy) is 1. The van der Waals surface area contributed by atoms with E-state index < -0.39 is 5.97 Å². The van der Waals surface area contributed by atoms with Gasteiger partial charge >= 0.3 is 5.97 Å². The molecule has 0 amide bonds. The molecule has 1 rings (SSSR count). The Labute approximate surface area is 105 Å². The molecule has 0 saturated heterocycles. The number of carbonyl (C=O) groups is 1. The van der Waals surface area contributed by atoms with Crippen molar-refractivity contribution in [2.24, 2.45) is 0 Å². The van der Waals surface area contributed by atoms with Gasteiger partial charge in [-0.1, -0.05) is 12.1 Å². The fraction of sp³-hybridized carbons (Fsp3) is 0.333. The van der Waals surface area contributed by atoms with Gasteiger partial charge in [0.05, 0.1) is 6.61 Å². The molecule has 1 aromatic carbocycles. The minimum Gasteiger partial charge on any atom is -0.507 e. The van der Waals surface area contributed by atoms with E-state index in [1.54, 1.807) is 19.2 Å². The number of rotatable bonds is 5. The zero-order chi connectivity index (χ0) is 13.4. The fourth-order valence-corrected chi connectivity index (χ4v) is 1.26. The van der Waals surface area contributed by atoms with E-state index in [2.05, 4.69) is 10.6 Å². The number of hydrogen-bond acceptors (Lipinski definition) is 4. The minimum absolute atomic E-state index is 0.0856. The summed E-state index contributed by atoms with van der Waals surface area (Å²) in [6, 6.07) is 6.24. The number of phenolic OH excluding ortho intramolecular Hbond substituents is 1. The Balaban J connectivity index is 2.26. The molecule has 0 unspecified atom stereocenters. The van der Waals surface area contributed by atoms with E-state index in [9.17, 15) is 9.90 Å². The fourth-order valence-electron chi connectivity index (χ4n) is 1.26. The van der Waals surface area contributed by atoms with Crippen molar-refractivity contribution in [1.29, 1.82) is 5.41 Å². The van der Waals surface area contributed by atoms with Crippen molar-refractivity contribution < 1.29 is 14.6 Å². The molecule has 0 aliphatic heterocycles. The number of nitrogens with one attached hydrogen (secondary N) is 3. The van der Waals surface area contributed by atoms with Crippen LogP contribution in [0.1, 0.15) is 16.8 Å². The van der Waals surface area contributed by atoms with Crippen LogP contribution < -0.4 is 10.6 Å². The van der Waals surface area contributed by atoms with Crippen LogP contribution in [0.4, 0.5) is 0 Å². The second-order valence-corrected chi connectivity index (χ2v) is 3.56. The van der Waals surface area contributed by atoms with Crippen molar-refractivity contribution in [1.82, 2.24) is 10.6 Å². The second-order valence-electron chi connectivity index (χ2n) is 3.56. The molecular formula is C12H17N3O3. The number of phenols is 1. The Kier molecular flexibility index (Phi) is 5.50. The molecular weight excluding hydrogens is 234 g/mol. The van der Waals surface area contributed by atoms with Crippen LogP contribution in [0.25, 0.3) is 0 Å². The summed E-state index contributed by atoms with van der Waals surface area (Å²) in [7, 11) is 1.65. The number of carbonyl (C=O) groups excluding carboxylic acids is 1. The molecule has 0 aliphatic carbocycles.